The van der Waals surface area contributed by atoms with Crippen LogP contribution in [0.1, 0.15) is 32.1 Å². The minimum absolute atomic E-state index is 0.224. The van der Waals surface area contributed by atoms with Crippen molar-refractivity contribution in [3.63, 3.8) is 0 Å². The fourth-order valence-corrected chi connectivity index (χ4v) is 4.48. The molecule has 0 atom stereocenters. The summed E-state index contributed by atoms with van der Waals surface area (Å²) in [5.41, 5.74) is 0.538. The molecule has 2 aliphatic rings. The molecule has 0 radical (unpaired) electrons. The number of rotatable bonds is 3. The van der Waals surface area contributed by atoms with Crippen molar-refractivity contribution in [3.8, 4) is 11.3 Å². The van der Waals surface area contributed by atoms with Gasteiger partial charge in [-0.15, -0.1) is 11.3 Å². The monoisotopic (exact) mass is 438 g/mol. The number of nitrogens with zero attached hydrogens (tertiary/aromatic N) is 1. The molecular formula is C22H18N2O6S. The second-order valence-electron chi connectivity index (χ2n) is 7.48. The minimum Gasteiger partial charge on any atom is -0.422 e. The number of ether oxygens (including phenoxy) is 2. The Bertz CT molecular complexity index is 1250. The number of carbonyl (C=O) groups is 2. The molecule has 1 aromatic carbocycles. The van der Waals surface area contributed by atoms with E-state index in [-0.39, 0.29) is 5.57 Å². The molecule has 158 valence electrons. The Hall–Kier alpha value is -3.46. The van der Waals surface area contributed by atoms with Crippen molar-refractivity contribution in [2.45, 2.75) is 37.9 Å². The van der Waals surface area contributed by atoms with E-state index in [0.29, 0.717) is 34.8 Å². The van der Waals surface area contributed by atoms with Crippen molar-refractivity contribution in [1.82, 2.24) is 4.98 Å². The number of anilines is 1. The number of hydrogen-bond acceptors (Lipinski definition) is 9. The second kappa shape index (κ2) is 7.66. The van der Waals surface area contributed by atoms with E-state index in [1.165, 1.54) is 17.5 Å². The number of para-hydroxylation sites is 1. The Kier molecular flexibility index (Phi) is 4.82. The first-order valence-corrected chi connectivity index (χ1v) is 10.8. The predicted octanol–water partition coefficient (Wildman–Crippen LogP) is 3.97. The SMILES string of the molecule is O=C1OC2(CCCCC2)OC(=O)C1=CNc1nc(-c2cc3ccccc3oc2=O)cs1. The van der Waals surface area contributed by atoms with Gasteiger partial charge in [-0.25, -0.2) is 19.4 Å². The maximum atomic E-state index is 12.4. The van der Waals surface area contributed by atoms with Crippen LogP contribution in [0.5, 0.6) is 0 Å². The van der Waals surface area contributed by atoms with Crippen LogP contribution in [0.4, 0.5) is 5.13 Å². The summed E-state index contributed by atoms with van der Waals surface area (Å²) in [4.78, 5) is 41.5. The zero-order chi connectivity index (χ0) is 21.4. The van der Waals surface area contributed by atoms with Crippen LogP contribution in [0.2, 0.25) is 0 Å². The van der Waals surface area contributed by atoms with Crippen LogP contribution in [0, 0.1) is 0 Å². The molecule has 0 bridgehead atoms. The molecule has 1 aliphatic carbocycles. The normalized spacial score (nSPS) is 18.0. The van der Waals surface area contributed by atoms with E-state index in [0.717, 1.165) is 24.6 Å². The Morgan fingerprint density at radius 1 is 1.03 bits per heavy atom. The molecule has 3 heterocycles. The Balaban J connectivity index is 1.35. The molecule has 8 nitrogen and oxygen atoms in total. The van der Waals surface area contributed by atoms with Crippen molar-refractivity contribution < 1.29 is 23.5 Å². The van der Waals surface area contributed by atoms with Gasteiger partial charge < -0.3 is 19.2 Å². The van der Waals surface area contributed by atoms with Gasteiger partial charge >= 0.3 is 17.6 Å². The van der Waals surface area contributed by atoms with Crippen molar-refractivity contribution in [3.05, 3.63) is 57.9 Å². The maximum Gasteiger partial charge on any atom is 0.350 e. The van der Waals surface area contributed by atoms with Gasteiger partial charge in [-0.2, -0.15) is 0 Å². The summed E-state index contributed by atoms with van der Waals surface area (Å²) < 4.78 is 16.3. The minimum atomic E-state index is -1.12. The number of carbonyl (C=O) groups excluding carboxylic acids is 2. The average Bonchev–Trinajstić information content (AvgIpc) is 3.22. The lowest BCUT2D eigenvalue weighted by Crippen LogP contribution is -2.47. The summed E-state index contributed by atoms with van der Waals surface area (Å²) in [5, 5.41) is 5.70. The van der Waals surface area contributed by atoms with Crippen LogP contribution in [0.3, 0.4) is 0 Å². The first-order chi connectivity index (χ1) is 15.0. The van der Waals surface area contributed by atoms with Gasteiger partial charge in [0.1, 0.15) is 5.58 Å². The third kappa shape index (κ3) is 3.72. The molecule has 2 aromatic heterocycles. The van der Waals surface area contributed by atoms with Crippen LogP contribution in [0.15, 0.2) is 56.7 Å². The van der Waals surface area contributed by atoms with Gasteiger partial charge in [-0.3, -0.25) is 0 Å². The lowest BCUT2D eigenvalue weighted by molar-refractivity contribution is -0.244. The molecule has 3 aromatic rings. The third-order valence-corrected chi connectivity index (χ3v) is 6.15. The van der Waals surface area contributed by atoms with E-state index in [4.69, 9.17) is 13.9 Å². The molecule has 1 aliphatic heterocycles. The van der Waals surface area contributed by atoms with Gasteiger partial charge in [-0.05, 0) is 25.0 Å². The van der Waals surface area contributed by atoms with Crippen molar-refractivity contribution in [1.29, 1.82) is 0 Å². The number of aromatic nitrogens is 1. The zero-order valence-electron chi connectivity index (χ0n) is 16.4. The highest BCUT2D eigenvalue weighted by Gasteiger charge is 2.46. The van der Waals surface area contributed by atoms with Crippen LogP contribution < -0.4 is 10.9 Å². The highest BCUT2D eigenvalue weighted by molar-refractivity contribution is 7.14. The molecule has 0 amide bonds. The molecule has 1 saturated carbocycles. The van der Waals surface area contributed by atoms with Gasteiger partial charge in [0.15, 0.2) is 10.7 Å². The number of nitrogens with one attached hydrogen (secondary N) is 1. The third-order valence-electron chi connectivity index (χ3n) is 5.37. The average molecular weight is 438 g/mol. The van der Waals surface area contributed by atoms with E-state index in [9.17, 15) is 14.4 Å². The largest absolute Gasteiger partial charge is 0.422 e. The highest BCUT2D eigenvalue weighted by Crippen LogP contribution is 2.37. The topological polar surface area (TPSA) is 108 Å². The smallest absolute Gasteiger partial charge is 0.350 e. The molecule has 31 heavy (non-hydrogen) atoms. The summed E-state index contributed by atoms with van der Waals surface area (Å²) in [5.74, 6) is -2.54. The van der Waals surface area contributed by atoms with E-state index >= 15 is 0 Å². The lowest BCUT2D eigenvalue weighted by Gasteiger charge is -2.38. The molecule has 9 heteroatoms. The summed E-state index contributed by atoms with van der Waals surface area (Å²) in [6.07, 6.45) is 5.00. The summed E-state index contributed by atoms with van der Waals surface area (Å²) in [6.45, 7) is 0. The van der Waals surface area contributed by atoms with Crippen molar-refractivity contribution in [2.75, 3.05) is 5.32 Å². The van der Waals surface area contributed by atoms with Crippen molar-refractivity contribution >= 4 is 39.4 Å². The van der Waals surface area contributed by atoms with Gasteiger partial charge in [-0.1, -0.05) is 24.6 Å². The molecule has 5 rings (SSSR count). The molecule has 1 N–H and O–H groups in total. The number of hydrogen-bond donors (Lipinski definition) is 1. The summed E-state index contributed by atoms with van der Waals surface area (Å²) in [7, 11) is 0. The van der Waals surface area contributed by atoms with E-state index in [1.807, 2.05) is 12.1 Å². The molecule has 2 fully saturated rings. The lowest BCUT2D eigenvalue weighted by atomic mass is 9.93. The quantitative estimate of drug-likeness (QED) is 0.283. The number of esters is 2. The van der Waals surface area contributed by atoms with E-state index < -0.39 is 23.4 Å². The molecule has 1 spiro atoms. The summed E-state index contributed by atoms with van der Waals surface area (Å²) in [6, 6.07) is 8.93. The summed E-state index contributed by atoms with van der Waals surface area (Å²) >= 11 is 1.22. The first-order valence-electron chi connectivity index (χ1n) is 9.95. The Morgan fingerprint density at radius 3 is 2.55 bits per heavy atom. The number of benzene rings is 1. The van der Waals surface area contributed by atoms with Gasteiger partial charge in [0.25, 0.3) is 5.79 Å². The molecular weight excluding hydrogens is 420 g/mol. The van der Waals surface area contributed by atoms with Crippen molar-refractivity contribution in [2.24, 2.45) is 0 Å². The van der Waals surface area contributed by atoms with E-state index in [2.05, 4.69) is 10.3 Å². The Morgan fingerprint density at radius 2 is 1.77 bits per heavy atom. The molecule has 1 saturated heterocycles. The van der Waals surface area contributed by atoms with Crippen LogP contribution in [-0.2, 0) is 19.1 Å². The van der Waals surface area contributed by atoms with Gasteiger partial charge in [0.2, 0.25) is 0 Å². The van der Waals surface area contributed by atoms with Crippen LogP contribution >= 0.6 is 11.3 Å². The van der Waals surface area contributed by atoms with Gasteiger partial charge in [0, 0.05) is 29.8 Å². The number of thiazole rings is 1. The first kappa shape index (κ1) is 19.5. The Labute approximate surface area is 180 Å². The highest BCUT2D eigenvalue weighted by atomic mass is 32.1. The standard InChI is InChI=1S/C22H18N2O6S/c25-18-14(10-13-6-2-3-7-17(13)28-18)16-12-31-21(24-16)23-11-15-19(26)29-22(30-20(15)27)8-4-1-5-9-22/h2-3,6-7,10-12H,1,4-5,8-9H2,(H,23,24). The number of fused-ring (bicyclic) bond motifs is 1. The van der Waals surface area contributed by atoms with E-state index in [1.54, 1.807) is 23.6 Å². The fourth-order valence-electron chi connectivity index (χ4n) is 3.80. The molecule has 0 unspecified atom stereocenters. The zero-order valence-corrected chi connectivity index (χ0v) is 17.2. The van der Waals surface area contributed by atoms with Gasteiger partial charge in [0.05, 0.1) is 11.3 Å². The van der Waals surface area contributed by atoms with Crippen LogP contribution in [-0.4, -0.2) is 22.7 Å². The van der Waals surface area contributed by atoms with Crippen LogP contribution in [0.25, 0.3) is 22.2 Å². The maximum absolute atomic E-state index is 12.4. The fraction of sp³-hybridized carbons (Fsp3) is 0.273. The predicted molar refractivity (Wildman–Crippen MR) is 113 cm³/mol. The second-order valence-corrected chi connectivity index (χ2v) is 8.33.